The number of nitrogens with one attached hydrogen (secondary N) is 2. The van der Waals surface area contributed by atoms with E-state index in [0.29, 0.717) is 0 Å². The number of allylic oxidation sites excluding steroid dienone is 6. The first-order valence-corrected chi connectivity index (χ1v) is 12.4. The van der Waals surface area contributed by atoms with Crippen molar-refractivity contribution in [2.24, 2.45) is 0 Å². The topological polar surface area (TPSA) is 73.5 Å². The molecule has 2 N–H and O–H groups in total. The van der Waals surface area contributed by atoms with Crippen molar-refractivity contribution in [3.05, 3.63) is 96.6 Å². The van der Waals surface area contributed by atoms with Crippen molar-refractivity contribution in [1.82, 2.24) is 30.0 Å². The molecular weight excluding hydrogens is 444 g/mol. The van der Waals surface area contributed by atoms with Gasteiger partial charge in [-0.25, -0.2) is 4.98 Å². The molecule has 1 aliphatic heterocycles. The van der Waals surface area contributed by atoms with E-state index in [2.05, 4.69) is 62.5 Å². The molecule has 1 aromatic carbocycles. The van der Waals surface area contributed by atoms with Crippen molar-refractivity contribution < 1.29 is 0 Å². The van der Waals surface area contributed by atoms with Crippen molar-refractivity contribution in [3.63, 3.8) is 0 Å². The summed E-state index contributed by atoms with van der Waals surface area (Å²) in [5.41, 5.74) is 8.83. The lowest BCUT2D eigenvalue weighted by Gasteiger charge is -2.14. The minimum Gasteiger partial charge on any atom is -0.340 e. The summed E-state index contributed by atoms with van der Waals surface area (Å²) >= 11 is 0. The predicted molar refractivity (Wildman–Crippen MR) is 148 cm³/mol. The van der Waals surface area contributed by atoms with Gasteiger partial charge in [0.25, 0.3) is 0 Å². The lowest BCUT2D eigenvalue weighted by molar-refractivity contribution is 0.331. The quantitative estimate of drug-likeness (QED) is 0.280. The van der Waals surface area contributed by atoms with Crippen LogP contribution in [-0.4, -0.2) is 43.1 Å². The molecule has 0 aliphatic carbocycles. The van der Waals surface area contributed by atoms with E-state index >= 15 is 0 Å². The third-order valence-electron chi connectivity index (χ3n) is 6.66. The van der Waals surface area contributed by atoms with Crippen LogP contribution in [0.3, 0.4) is 0 Å². The molecule has 0 amide bonds. The normalized spacial score (nSPS) is 14.8. The molecule has 4 aromatic rings. The van der Waals surface area contributed by atoms with Crippen LogP contribution < -0.4 is 0 Å². The fourth-order valence-corrected chi connectivity index (χ4v) is 4.89. The molecule has 1 saturated heterocycles. The Morgan fingerprint density at radius 2 is 1.97 bits per heavy atom. The van der Waals surface area contributed by atoms with E-state index in [1.54, 1.807) is 6.08 Å². The van der Waals surface area contributed by atoms with E-state index in [1.165, 1.54) is 31.5 Å². The molecule has 1 aliphatic rings. The lowest BCUT2D eigenvalue weighted by atomic mass is 10.0. The molecule has 4 heterocycles. The summed E-state index contributed by atoms with van der Waals surface area (Å²) in [4.78, 5) is 15.4. The fourth-order valence-electron chi connectivity index (χ4n) is 4.89. The number of aryl methyl sites for hydroxylation is 1. The number of pyridine rings is 1. The van der Waals surface area contributed by atoms with E-state index in [-0.39, 0.29) is 0 Å². The monoisotopic (exact) mass is 476 g/mol. The van der Waals surface area contributed by atoms with Crippen LogP contribution in [0.2, 0.25) is 0 Å². The Hall–Kier alpha value is -4.03. The number of likely N-dealkylation sites (tertiary alicyclic amines) is 1. The summed E-state index contributed by atoms with van der Waals surface area (Å²) < 4.78 is 0. The smallest absolute Gasteiger partial charge is 0.159 e. The second-order valence-electron chi connectivity index (χ2n) is 9.30. The summed E-state index contributed by atoms with van der Waals surface area (Å²) in [6.07, 6.45) is 14.1. The van der Waals surface area contributed by atoms with Gasteiger partial charge in [-0.1, -0.05) is 43.5 Å². The van der Waals surface area contributed by atoms with Gasteiger partial charge < -0.3 is 4.98 Å². The summed E-state index contributed by atoms with van der Waals surface area (Å²) in [6.45, 7) is 15.4. The maximum atomic E-state index is 4.93. The van der Waals surface area contributed by atoms with Crippen molar-refractivity contribution in [2.45, 2.75) is 33.2 Å². The Morgan fingerprint density at radius 1 is 1.14 bits per heavy atom. The van der Waals surface area contributed by atoms with Gasteiger partial charge in [-0.05, 0) is 74.7 Å². The van der Waals surface area contributed by atoms with Gasteiger partial charge in [0.2, 0.25) is 0 Å². The van der Waals surface area contributed by atoms with Gasteiger partial charge in [0, 0.05) is 41.2 Å². The molecule has 0 saturated carbocycles. The third-order valence-corrected chi connectivity index (χ3v) is 6.66. The molecule has 5 rings (SSSR count). The molecule has 36 heavy (non-hydrogen) atoms. The number of imidazole rings is 1. The average molecular weight is 477 g/mol. The van der Waals surface area contributed by atoms with Gasteiger partial charge in [-0.2, -0.15) is 5.10 Å². The van der Waals surface area contributed by atoms with Crippen LogP contribution in [0.1, 0.15) is 36.7 Å². The molecule has 3 aromatic heterocycles. The molecule has 182 valence electrons. The van der Waals surface area contributed by atoms with E-state index < -0.39 is 0 Å². The van der Waals surface area contributed by atoms with E-state index in [0.717, 1.165) is 62.6 Å². The SMILES string of the molecule is C=C/C=C(/C(=C)/C=C\C)c1nc(-c2n[nH]c3ccc(-c4cncc(CN5CCCC5)c4)cc23)[nH]c1C. The van der Waals surface area contributed by atoms with Crippen LogP contribution in [0.25, 0.3) is 39.1 Å². The first kappa shape index (κ1) is 23.7. The fraction of sp³-hybridized carbons (Fsp3) is 0.233. The van der Waals surface area contributed by atoms with Crippen LogP contribution in [0.4, 0.5) is 0 Å². The summed E-state index contributed by atoms with van der Waals surface area (Å²) in [5.74, 6) is 0.718. The zero-order chi connectivity index (χ0) is 25.1. The summed E-state index contributed by atoms with van der Waals surface area (Å²) in [5, 5.41) is 8.78. The molecule has 0 radical (unpaired) electrons. The minimum atomic E-state index is 0.718. The van der Waals surface area contributed by atoms with E-state index in [9.17, 15) is 0 Å². The second-order valence-corrected chi connectivity index (χ2v) is 9.30. The van der Waals surface area contributed by atoms with Gasteiger partial charge in [-0.3, -0.25) is 15.0 Å². The number of aromatic amines is 2. The highest BCUT2D eigenvalue weighted by Gasteiger charge is 2.18. The molecule has 6 nitrogen and oxygen atoms in total. The number of fused-ring (bicyclic) bond motifs is 1. The molecule has 0 atom stereocenters. The van der Waals surface area contributed by atoms with E-state index in [1.807, 2.05) is 44.5 Å². The van der Waals surface area contributed by atoms with Crippen LogP contribution in [0.5, 0.6) is 0 Å². The van der Waals surface area contributed by atoms with Crippen LogP contribution in [0.15, 0.2) is 79.7 Å². The largest absolute Gasteiger partial charge is 0.340 e. The Balaban J connectivity index is 1.51. The Bertz CT molecular complexity index is 1480. The van der Waals surface area contributed by atoms with Crippen molar-refractivity contribution in [1.29, 1.82) is 0 Å². The van der Waals surface area contributed by atoms with Gasteiger partial charge >= 0.3 is 0 Å². The van der Waals surface area contributed by atoms with Gasteiger partial charge in [0.05, 0.1) is 11.2 Å². The maximum absolute atomic E-state index is 4.93. The summed E-state index contributed by atoms with van der Waals surface area (Å²) in [6, 6.07) is 8.61. The molecule has 6 heteroatoms. The van der Waals surface area contributed by atoms with Crippen molar-refractivity contribution >= 4 is 16.5 Å². The zero-order valence-corrected chi connectivity index (χ0v) is 21.0. The Labute approximate surface area is 212 Å². The lowest BCUT2D eigenvalue weighted by Crippen LogP contribution is -2.18. The summed E-state index contributed by atoms with van der Waals surface area (Å²) in [7, 11) is 0. The zero-order valence-electron chi connectivity index (χ0n) is 21.0. The highest BCUT2D eigenvalue weighted by atomic mass is 15.1. The Kier molecular flexibility index (Phi) is 6.78. The number of nitrogens with zero attached hydrogens (tertiary/aromatic N) is 4. The Morgan fingerprint density at radius 3 is 2.75 bits per heavy atom. The average Bonchev–Trinajstić information content (AvgIpc) is 3.62. The van der Waals surface area contributed by atoms with Crippen molar-refractivity contribution in [2.75, 3.05) is 13.1 Å². The number of hydrogen-bond acceptors (Lipinski definition) is 4. The number of rotatable bonds is 8. The molecule has 0 unspecified atom stereocenters. The third kappa shape index (κ3) is 4.72. The van der Waals surface area contributed by atoms with Crippen LogP contribution in [0, 0.1) is 6.92 Å². The standard InChI is InChI=1S/C30H32N6/c1-5-9-20(3)25(10-6-2)28-21(4)32-30(33-28)29-26-16-23(11-12-27(26)34-35-29)24-15-22(17-31-18-24)19-36-13-7-8-14-36/h5-6,9-12,15-18H,2-3,7-8,13-14,19H2,1,4H3,(H,32,33)(H,34,35)/b9-5-,25-10-. The number of aromatic nitrogens is 5. The second kappa shape index (κ2) is 10.3. The van der Waals surface area contributed by atoms with Gasteiger partial charge in [0.15, 0.2) is 5.82 Å². The van der Waals surface area contributed by atoms with Crippen molar-refractivity contribution in [3.8, 4) is 22.6 Å². The van der Waals surface area contributed by atoms with E-state index in [4.69, 9.17) is 4.98 Å². The van der Waals surface area contributed by atoms with Gasteiger partial charge in [-0.15, -0.1) is 0 Å². The highest BCUT2D eigenvalue weighted by Crippen LogP contribution is 2.32. The van der Waals surface area contributed by atoms with Crippen LogP contribution in [-0.2, 0) is 6.54 Å². The number of hydrogen-bond donors (Lipinski definition) is 2. The first-order chi connectivity index (χ1) is 17.6. The number of H-pyrrole nitrogens is 2. The maximum Gasteiger partial charge on any atom is 0.159 e. The molecule has 1 fully saturated rings. The van der Waals surface area contributed by atoms with Gasteiger partial charge in [0.1, 0.15) is 5.69 Å². The minimum absolute atomic E-state index is 0.718. The highest BCUT2D eigenvalue weighted by molar-refractivity contribution is 5.95. The molecule has 0 bridgehead atoms. The molecule has 0 spiro atoms. The first-order valence-electron chi connectivity index (χ1n) is 12.4. The predicted octanol–water partition coefficient (Wildman–Crippen LogP) is 6.62. The molecular formula is C30H32N6. The van der Waals surface area contributed by atoms with Crippen LogP contribution >= 0.6 is 0 Å². The number of benzene rings is 1.